The van der Waals surface area contributed by atoms with E-state index in [4.69, 9.17) is 9.84 Å². The van der Waals surface area contributed by atoms with Gasteiger partial charge in [-0.15, -0.1) is 0 Å². The number of halogens is 1. The summed E-state index contributed by atoms with van der Waals surface area (Å²) in [5, 5.41) is 21.2. The highest BCUT2D eigenvalue weighted by atomic mass is 79.9. The summed E-state index contributed by atoms with van der Waals surface area (Å²) in [5.74, 6) is -0.886. The summed E-state index contributed by atoms with van der Waals surface area (Å²) >= 11 is 3.45. The minimum absolute atomic E-state index is 0.0210. The van der Waals surface area contributed by atoms with Crippen molar-refractivity contribution in [3.8, 4) is 11.8 Å². The Balaban J connectivity index is 1.69. The van der Waals surface area contributed by atoms with Crippen LogP contribution in [-0.2, 0) is 11.4 Å². The summed E-state index contributed by atoms with van der Waals surface area (Å²) in [6, 6.07) is 20.9. The van der Waals surface area contributed by atoms with Crippen LogP contribution >= 0.6 is 15.9 Å². The highest BCUT2D eigenvalue weighted by Crippen LogP contribution is 2.28. The quantitative estimate of drug-likeness (QED) is 0.332. The van der Waals surface area contributed by atoms with Crippen molar-refractivity contribution in [2.24, 2.45) is 0 Å². The van der Waals surface area contributed by atoms with Crippen molar-refractivity contribution >= 4 is 39.6 Å². The lowest BCUT2D eigenvalue weighted by Crippen LogP contribution is -2.14. The monoisotopic (exact) mass is 490 g/mol. The molecule has 1 amide bonds. The highest BCUT2D eigenvalue weighted by molar-refractivity contribution is 9.10. The first-order valence-corrected chi connectivity index (χ1v) is 10.4. The van der Waals surface area contributed by atoms with Crippen molar-refractivity contribution in [3.63, 3.8) is 0 Å². The molecule has 0 aliphatic heterocycles. The van der Waals surface area contributed by atoms with Gasteiger partial charge in [-0.05, 0) is 76.0 Å². The van der Waals surface area contributed by atoms with E-state index < -0.39 is 11.9 Å². The Bertz CT molecular complexity index is 1230. The molecule has 0 aliphatic carbocycles. The Labute approximate surface area is 193 Å². The normalized spacial score (nSPS) is 10.8. The number of rotatable bonds is 7. The van der Waals surface area contributed by atoms with Crippen LogP contribution in [-0.4, -0.2) is 17.0 Å². The first kappa shape index (κ1) is 22.8. The smallest absolute Gasteiger partial charge is 0.335 e. The van der Waals surface area contributed by atoms with E-state index in [1.54, 1.807) is 36.4 Å². The molecular weight excluding hydrogens is 472 g/mol. The number of para-hydroxylation sites is 1. The van der Waals surface area contributed by atoms with E-state index in [2.05, 4.69) is 21.2 Å². The van der Waals surface area contributed by atoms with Gasteiger partial charge in [-0.3, -0.25) is 4.79 Å². The number of carboxylic acids is 1. The van der Waals surface area contributed by atoms with Crippen LogP contribution in [0.5, 0.6) is 5.75 Å². The number of carbonyl (C=O) groups excluding carboxylic acids is 1. The van der Waals surface area contributed by atoms with Gasteiger partial charge in [0, 0.05) is 5.69 Å². The lowest BCUT2D eigenvalue weighted by molar-refractivity contribution is -0.112. The van der Waals surface area contributed by atoms with E-state index in [9.17, 15) is 14.9 Å². The Morgan fingerprint density at radius 2 is 1.84 bits per heavy atom. The first-order valence-electron chi connectivity index (χ1n) is 9.60. The van der Waals surface area contributed by atoms with E-state index in [1.165, 1.54) is 18.2 Å². The number of nitriles is 1. The molecule has 0 unspecified atom stereocenters. The molecule has 7 heteroatoms. The van der Waals surface area contributed by atoms with E-state index in [-0.39, 0.29) is 17.7 Å². The maximum Gasteiger partial charge on any atom is 0.335 e. The Morgan fingerprint density at radius 1 is 1.12 bits per heavy atom. The van der Waals surface area contributed by atoms with E-state index in [0.717, 1.165) is 11.1 Å². The van der Waals surface area contributed by atoms with Gasteiger partial charge in [0.2, 0.25) is 0 Å². The van der Waals surface area contributed by atoms with Crippen molar-refractivity contribution in [1.82, 2.24) is 0 Å². The Kier molecular flexibility index (Phi) is 7.42. The second-order valence-electron chi connectivity index (χ2n) is 6.92. The minimum atomic E-state index is -0.979. The number of hydrogen-bond acceptors (Lipinski definition) is 4. The molecule has 0 heterocycles. The third kappa shape index (κ3) is 5.84. The predicted molar refractivity (Wildman–Crippen MR) is 125 cm³/mol. The van der Waals surface area contributed by atoms with Crippen LogP contribution < -0.4 is 10.1 Å². The zero-order valence-corrected chi connectivity index (χ0v) is 18.7. The zero-order chi connectivity index (χ0) is 23.1. The van der Waals surface area contributed by atoms with Gasteiger partial charge in [0.15, 0.2) is 0 Å². The van der Waals surface area contributed by atoms with Crippen LogP contribution in [0.3, 0.4) is 0 Å². The molecule has 0 saturated heterocycles. The van der Waals surface area contributed by atoms with Gasteiger partial charge in [-0.25, -0.2) is 4.79 Å². The molecule has 3 aromatic carbocycles. The maximum atomic E-state index is 12.5. The van der Waals surface area contributed by atoms with Crippen molar-refractivity contribution in [3.05, 3.63) is 99.0 Å². The molecule has 0 atom stereocenters. The molecule has 0 saturated carbocycles. The number of benzene rings is 3. The Morgan fingerprint density at radius 3 is 2.47 bits per heavy atom. The molecule has 160 valence electrons. The van der Waals surface area contributed by atoms with Gasteiger partial charge in [0.1, 0.15) is 24.0 Å². The SMILES string of the molecule is Cc1ccccc1NC(=O)/C(C#N)=C\c1ccc(OCc2ccc(C(=O)O)cc2)c(Br)c1. The molecule has 2 N–H and O–H groups in total. The fourth-order valence-electron chi connectivity index (χ4n) is 2.85. The van der Waals surface area contributed by atoms with Crippen LogP contribution in [0.2, 0.25) is 0 Å². The molecule has 0 radical (unpaired) electrons. The number of carbonyl (C=O) groups is 2. The first-order chi connectivity index (χ1) is 15.4. The number of ether oxygens (including phenoxy) is 1. The van der Waals surface area contributed by atoms with E-state index in [0.29, 0.717) is 21.5 Å². The largest absolute Gasteiger partial charge is 0.488 e. The topological polar surface area (TPSA) is 99.4 Å². The standard InChI is InChI=1S/C25H19BrN2O4/c1-16-4-2-3-5-22(16)28-24(29)20(14-27)12-18-8-11-23(21(26)13-18)32-15-17-6-9-19(10-7-17)25(30)31/h2-13H,15H2,1H3,(H,28,29)(H,30,31)/b20-12-. The van der Waals surface area contributed by atoms with E-state index >= 15 is 0 Å². The summed E-state index contributed by atoms with van der Waals surface area (Å²) in [5.41, 5.74) is 3.23. The molecule has 3 aromatic rings. The fourth-order valence-corrected chi connectivity index (χ4v) is 3.36. The number of anilines is 1. The lowest BCUT2D eigenvalue weighted by atomic mass is 10.1. The maximum absolute atomic E-state index is 12.5. The summed E-state index contributed by atoms with van der Waals surface area (Å²) in [7, 11) is 0. The summed E-state index contributed by atoms with van der Waals surface area (Å²) in [4.78, 5) is 23.4. The third-order valence-electron chi connectivity index (χ3n) is 4.62. The van der Waals surface area contributed by atoms with Crippen LogP contribution in [0, 0.1) is 18.3 Å². The van der Waals surface area contributed by atoms with Gasteiger partial charge >= 0.3 is 5.97 Å². The number of hydrogen-bond donors (Lipinski definition) is 2. The molecule has 6 nitrogen and oxygen atoms in total. The summed E-state index contributed by atoms with van der Waals surface area (Å²) in [6.07, 6.45) is 1.51. The second-order valence-corrected chi connectivity index (χ2v) is 7.77. The zero-order valence-electron chi connectivity index (χ0n) is 17.1. The number of nitrogens with one attached hydrogen (secondary N) is 1. The highest BCUT2D eigenvalue weighted by Gasteiger charge is 2.11. The molecule has 3 rings (SSSR count). The second kappa shape index (κ2) is 10.4. The molecule has 0 fully saturated rings. The van der Waals surface area contributed by atoms with E-state index in [1.807, 2.05) is 31.2 Å². The van der Waals surface area contributed by atoms with Crippen LogP contribution in [0.4, 0.5) is 5.69 Å². The number of nitrogens with zero attached hydrogens (tertiary/aromatic N) is 1. The summed E-state index contributed by atoms with van der Waals surface area (Å²) < 4.78 is 6.45. The Hall–Kier alpha value is -3.89. The number of amides is 1. The van der Waals surface area contributed by atoms with Gasteiger partial charge in [0.25, 0.3) is 5.91 Å². The van der Waals surface area contributed by atoms with Crippen molar-refractivity contribution in [1.29, 1.82) is 5.26 Å². The van der Waals surface area contributed by atoms with Gasteiger partial charge < -0.3 is 15.2 Å². The lowest BCUT2D eigenvalue weighted by Gasteiger charge is -2.10. The third-order valence-corrected chi connectivity index (χ3v) is 5.24. The fraction of sp³-hybridized carbons (Fsp3) is 0.0800. The van der Waals surface area contributed by atoms with Crippen LogP contribution in [0.25, 0.3) is 6.08 Å². The van der Waals surface area contributed by atoms with Crippen LogP contribution in [0.1, 0.15) is 27.0 Å². The van der Waals surface area contributed by atoms with Crippen molar-refractivity contribution in [2.75, 3.05) is 5.32 Å². The molecule has 32 heavy (non-hydrogen) atoms. The minimum Gasteiger partial charge on any atom is -0.488 e. The number of aryl methyl sites for hydroxylation is 1. The molecule has 0 aliphatic rings. The van der Waals surface area contributed by atoms with Gasteiger partial charge in [-0.2, -0.15) is 5.26 Å². The number of aromatic carboxylic acids is 1. The average molecular weight is 491 g/mol. The molecule has 0 aromatic heterocycles. The predicted octanol–water partition coefficient (Wildman–Crippen LogP) is 5.58. The molecule has 0 spiro atoms. The average Bonchev–Trinajstić information content (AvgIpc) is 2.78. The number of carboxylic acid groups (broad SMARTS) is 1. The van der Waals surface area contributed by atoms with Crippen molar-refractivity contribution in [2.45, 2.75) is 13.5 Å². The molecule has 0 bridgehead atoms. The van der Waals surface area contributed by atoms with Crippen molar-refractivity contribution < 1.29 is 19.4 Å². The summed E-state index contributed by atoms with van der Waals surface area (Å²) in [6.45, 7) is 2.14. The van der Waals surface area contributed by atoms with Crippen LogP contribution in [0.15, 0.2) is 76.8 Å². The van der Waals surface area contributed by atoms with Gasteiger partial charge in [-0.1, -0.05) is 36.4 Å². The van der Waals surface area contributed by atoms with Gasteiger partial charge in [0.05, 0.1) is 10.0 Å². The molecular formula is C25H19BrN2O4.